The van der Waals surface area contributed by atoms with Crippen molar-refractivity contribution >= 4 is 17.6 Å². The van der Waals surface area contributed by atoms with E-state index in [-0.39, 0.29) is 16.9 Å². The largest absolute Gasteiger partial charge is 0.508 e. The highest BCUT2D eigenvalue weighted by molar-refractivity contribution is 6.10. The van der Waals surface area contributed by atoms with Crippen LogP contribution in [0.4, 0.5) is 5.69 Å². The second-order valence-corrected chi connectivity index (χ2v) is 4.30. The molecule has 2 aromatic rings. The highest BCUT2D eigenvalue weighted by Gasteiger charge is 2.16. The van der Waals surface area contributed by atoms with Crippen LogP contribution in [0.3, 0.4) is 0 Å². The van der Waals surface area contributed by atoms with Crippen LogP contribution in [-0.4, -0.2) is 22.1 Å². The minimum absolute atomic E-state index is 0.0542. The summed E-state index contributed by atoms with van der Waals surface area (Å²) in [6, 6.07) is 10.5. The van der Waals surface area contributed by atoms with E-state index in [1.54, 1.807) is 25.1 Å². The number of benzene rings is 2. The average molecular weight is 271 g/mol. The van der Waals surface area contributed by atoms with Crippen LogP contribution in [-0.2, 0) is 0 Å². The van der Waals surface area contributed by atoms with E-state index >= 15 is 0 Å². The number of phenolic OH excluding ortho intramolecular Hbond substituents is 1. The maximum atomic E-state index is 12.1. The maximum absolute atomic E-state index is 12.1. The summed E-state index contributed by atoms with van der Waals surface area (Å²) < 4.78 is 0. The number of aryl methyl sites for hydroxylation is 1. The van der Waals surface area contributed by atoms with E-state index in [4.69, 9.17) is 5.11 Å². The third-order valence-electron chi connectivity index (χ3n) is 2.86. The van der Waals surface area contributed by atoms with Crippen molar-refractivity contribution in [1.82, 2.24) is 0 Å². The van der Waals surface area contributed by atoms with Gasteiger partial charge in [0.25, 0.3) is 5.91 Å². The van der Waals surface area contributed by atoms with Crippen LogP contribution in [0.1, 0.15) is 26.3 Å². The molecule has 0 atom stereocenters. The zero-order valence-corrected chi connectivity index (χ0v) is 10.8. The first-order valence-electron chi connectivity index (χ1n) is 5.92. The standard InChI is InChI=1S/C15H13NO4/c1-9-8-10(17)6-7-13(9)16-14(18)11-4-2-3-5-12(11)15(19)20/h2-8,17H,1H3,(H,16,18)(H,19,20). The summed E-state index contributed by atoms with van der Waals surface area (Å²) in [6.07, 6.45) is 0. The minimum atomic E-state index is -1.15. The fourth-order valence-corrected chi connectivity index (χ4v) is 1.85. The molecular formula is C15H13NO4. The van der Waals surface area contributed by atoms with Crippen LogP contribution in [0, 0.1) is 6.92 Å². The molecule has 0 spiro atoms. The predicted octanol–water partition coefficient (Wildman–Crippen LogP) is 2.65. The van der Waals surface area contributed by atoms with Gasteiger partial charge in [0.05, 0.1) is 11.1 Å². The predicted molar refractivity (Wildman–Crippen MR) is 74.2 cm³/mol. The molecule has 3 N–H and O–H groups in total. The van der Waals surface area contributed by atoms with E-state index < -0.39 is 11.9 Å². The van der Waals surface area contributed by atoms with Gasteiger partial charge in [-0.1, -0.05) is 12.1 Å². The number of amides is 1. The Morgan fingerprint density at radius 3 is 2.30 bits per heavy atom. The number of carbonyl (C=O) groups excluding carboxylic acids is 1. The summed E-state index contributed by atoms with van der Waals surface area (Å²) in [7, 11) is 0. The first-order chi connectivity index (χ1) is 9.49. The molecule has 0 aliphatic heterocycles. The summed E-state index contributed by atoms with van der Waals surface area (Å²) in [6.45, 7) is 1.73. The van der Waals surface area contributed by atoms with Gasteiger partial charge in [-0.3, -0.25) is 4.79 Å². The number of phenols is 1. The fraction of sp³-hybridized carbons (Fsp3) is 0.0667. The zero-order valence-electron chi connectivity index (χ0n) is 10.8. The normalized spacial score (nSPS) is 10.1. The maximum Gasteiger partial charge on any atom is 0.336 e. The topological polar surface area (TPSA) is 86.6 Å². The van der Waals surface area contributed by atoms with Crippen LogP contribution in [0.5, 0.6) is 5.75 Å². The quantitative estimate of drug-likeness (QED) is 0.749. The van der Waals surface area contributed by atoms with E-state index in [2.05, 4.69) is 5.32 Å². The van der Waals surface area contributed by atoms with Crippen molar-refractivity contribution in [3.63, 3.8) is 0 Å². The molecule has 5 heteroatoms. The Balaban J connectivity index is 2.31. The summed E-state index contributed by atoms with van der Waals surface area (Å²) in [5.41, 5.74) is 1.24. The first-order valence-corrected chi connectivity index (χ1v) is 5.92. The molecule has 0 radical (unpaired) electrons. The number of carbonyl (C=O) groups is 2. The molecular weight excluding hydrogens is 258 g/mol. The van der Waals surface area contributed by atoms with Gasteiger partial charge in [-0.2, -0.15) is 0 Å². The number of aromatic carboxylic acids is 1. The monoisotopic (exact) mass is 271 g/mol. The van der Waals surface area contributed by atoms with Crippen molar-refractivity contribution in [1.29, 1.82) is 0 Å². The number of anilines is 1. The number of carboxylic acid groups (broad SMARTS) is 1. The number of hydrogen-bond acceptors (Lipinski definition) is 3. The van der Waals surface area contributed by atoms with E-state index in [0.29, 0.717) is 11.3 Å². The molecule has 2 aromatic carbocycles. The Bertz CT molecular complexity index is 679. The van der Waals surface area contributed by atoms with E-state index in [9.17, 15) is 14.7 Å². The van der Waals surface area contributed by atoms with Gasteiger partial charge in [0.15, 0.2) is 0 Å². The number of hydrogen-bond donors (Lipinski definition) is 3. The summed E-state index contributed by atoms with van der Waals surface area (Å²) in [5.74, 6) is -1.55. The second-order valence-electron chi connectivity index (χ2n) is 4.30. The van der Waals surface area contributed by atoms with E-state index in [1.807, 2.05) is 0 Å². The zero-order chi connectivity index (χ0) is 14.7. The Labute approximate surface area is 115 Å². The molecule has 0 fully saturated rings. The van der Waals surface area contributed by atoms with Crippen molar-refractivity contribution < 1.29 is 19.8 Å². The Morgan fingerprint density at radius 1 is 1.05 bits per heavy atom. The summed E-state index contributed by atoms with van der Waals surface area (Å²) in [5, 5.41) is 21.0. The molecule has 102 valence electrons. The van der Waals surface area contributed by atoms with Crippen LogP contribution >= 0.6 is 0 Å². The van der Waals surface area contributed by atoms with Gasteiger partial charge in [0, 0.05) is 5.69 Å². The lowest BCUT2D eigenvalue weighted by molar-refractivity contribution is 0.0692. The third-order valence-corrected chi connectivity index (χ3v) is 2.86. The average Bonchev–Trinajstić information content (AvgIpc) is 2.41. The number of aromatic hydroxyl groups is 1. The van der Waals surface area contributed by atoms with Gasteiger partial charge >= 0.3 is 5.97 Å². The molecule has 0 unspecified atom stereocenters. The molecule has 20 heavy (non-hydrogen) atoms. The minimum Gasteiger partial charge on any atom is -0.508 e. The Kier molecular flexibility index (Phi) is 3.70. The highest BCUT2D eigenvalue weighted by atomic mass is 16.4. The second kappa shape index (κ2) is 5.44. The molecule has 2 rings (SSSR count). The van der Waals surface area contributed by atoms with Crippen LogP contribution in [0.2, 0.25) is 0 Å². The molecule has 0 heterocycles. The fourth-order valence-electron chi connectivity index (χ4n) is 1.85. The van der Waals surface area contributed by atoms with Gasteiger partial charge in [-0.25, -0.2) is 4.79 Å². The van der Waals surface area contributed by atoms with Crippen molar-refractivity contribution in [2.24, 2.45) is 0 Å². The lowest BCUT2D eigenvalue weighted by Crippen LogP contribution is -2.16. The van der Waals surface area contributed by atoms with Crippen molar-refractivity contribution in [3.8, 4) is 5.75 Å². The number of nitrogens with one attached hydrogen (secondary N) is 1. The molecule has 0 saturated heterocycles. The van der Waals surface area contributed by atoms with Gasteiger partial charge in [0.1, 0.15) is 5.75 Å². The lowest BCUT2D eigenvalue weighted by Gasteiger charge is -2.10. The smallest absolute Gasteiger partial charge is 0.336 e. The molecule has 0 aliphatic rings. The SMILES string of the molecule is Cc1cc(O)ccc1NC(=O)c1ccccc1C(=O)O. The number of carboxylic acids is 1. The summed E-state index contributed by atoms with van der Waals surface area (Å²) in [4.78, 5) is 23.2. The highest BCUT2D eigenvalue weighted by Crippen LogP contribution is 2.21. The van der Waals surface area contributed by atoms with Gasteiger partial charge < -0.3 is 15.5 Å². The van der Waals surface area contributed by atoms with Crippen molar-refractivity contribution in [3.05, 3.63) is 59.2 Å². The number of rotatable bonds is 3. The third kappa shape index (κ3) is 2.77. The van der Waals surface area contributed by atoms with Crippen molar-refractivity contribution in [2.45, 2.75) is 6.92 Å². The molecule has 1 amide bonds. The lowest BCUT2D eigenvalue weighted by atomic mass is 10.1. The van der Waals surface area contributed by atoms with E-state index in [0.717, 1.165) is 0 Å². The molecule has 5 nitrogen and oxygen atoms in total. The Morgan fingerprint density at radius 2 is 1.70 bits per heavy atom. The molecule has 0 saturated carbocycles. The van der Waals surface area contributed by atoms with Crippen molar-refractivity contribution in [2.75, 3.05) is 5.32 Å². The van der Waals surface area contributed by atoms with Gasteiger partial charge in [-0.05, 0) is 42.8 Å². The van der Waals surface area contributed by atoms with Gasteiger partial charge in [-0.15, -0.1) is 0 Å². The van der Waals surface area contributed by atoms with E-state index in [1.165, 1.54) is 24.3 Å². The molecule has 0 bridgehead atoms. The van der Waals surface area contributed by atoms with Crippen LogP contribution < -0.4 is 5.32 Å². The molecule has 0 aliphatic carbocycles. The Hall–Kier alpha value is -2.82. The van der Waals surface area contributed by atoms with Crippen LogP contribution in [0.15, 0.2) is 42.5 Å². The molecule has 0 aromatic heterocycles. The van der Waals surface area contributed by atoms with Gasteiger partial charge in [0.2, 0.25) is 0 Å². The first kappa shape index (κ1) is 13.6. The summed E-state index contributed by atoms with van der Waals surface area (Å²) >= 11 is 0. The van der Waals surface area contributed by atoms with Crippen LogP contribution in [0.25, 0.3) is 0 Å².